The van der Waals surface area contributed by atoms with Crippen molar-refractivity contribution in [2.45, 2.75) is 32.2 Å². The summed E-state index contributed by atoms with van der Waals surface area (Å²) in [6, 6.07) is 7.94. The van der Waals surface area contributed by atoms with Crippen LogP contribution in [-0.4, -0.2) is 24.9 Å². The molecule has 0 aliphatic carbocycles. The molecule has 2 rings (SSSR count). The zero-order chi connectivity index (χ0) is 18.7. The minimum absolute atomic E-state index is 0.0300. The molecule has 0 radical (unpaired) electrons. The molecule has 5 nitrogen and oxygen atoms in total. The van der Waals surface area contributed by atoms with Crippen LogP contribution in [0.4, 0.5) is 13.2 Å². The molecule has 0 fully saturated rings. The van der Waals surface area contributed by atoms with Crippen molar-refractivity contribution in [2.24, 2.45) is 0 Å². The summed E-state index contributed by atoms with van der Waals surface area (Å²) in [6.45, 7) is 3.22. The first-order chi connectivity index (χ1) is 11.5. The van der Waals surface area contributed by atoms with Crippen LogP contribution in [-0.2, 0) is 28.4 Å². The Hall–Kier alpha value is -2.00. The standard InChI is InChI=1S/C16H18F3N3O2S/c1-11-4-3-5-13(8-11)10-25(23,24)20-7-6-15-21-12(2)9-14(22-15)16(17,18)19/h3-5,8-9,20H,6-7,10H2,1-2H3. The van der Waals surface area contributed by atoms with Gasteiger partial charge in [-0.05, 0) is 25.5 Å². The molecule has 136 valence electrons. The molecular weight excluding hydrogens is 355 g/mol. The van der Waals surface area contributed by atoms with E-state index in [1.54, 1.807) is 18.2 Å². The summed E-state index contributed by atoms with van der Waals surface area (Å²) in [6.07, 6.45) is -4.59. The van der Waals surface area contributed by atoms with E-state index in [1.165, 1.54) is 6.92 Å². The molecule has 1 N–H and O–H groups in total. The van der Waals surface area contributed by atoms with Crippen LogP contribution in [0.2, 0.25) is 0 Å². The highest BCUT2D eigenvalue weighted by molar-refractivity contribution is 7.88. The van der Waals surface area contributed by atoms with E-state index in [-0.39, 0.29) is 30.2 Å². The van der Waals surface area contributed by atoms with Gasteiger partial charge in [-0.2, -0.15) is 13.2 Å². The molecule has 0 spiro atoms. The molecule has 0 amide bonds. The molecule has 0 bridgehead atoms. The number of aromatic nitrogens is 2. The third-order valence-electron chi connectivity index (χ3n) is 3.30. The molecule has 0 saturated carbocycles. The fourth-order valence-corrected chi connectivity index (χ4v) is 3.41. The first-order valence-corrected chi connectivity index (χ1v) is 9.15. The van der Waals surface area contributed by atoms with Gasteiger partial charge in [0.05, 0.1) is 5.75 Å². The maximum absolute atomic E-state index is 12.7. The number of benzene rings is 1. The van der Waals surface area contributed by atoms with Crippen molar-refractivity contribution < 1.29 is 21.6 Å². The number of halogens is 3. The largest absolute Gasteiger partial charge is 0.433 e. The Kier molecular flexibility index (Phi) is 5.79. The van der Waals surface area contributed by atoms with E-state index in [0.29, 0.717) is 5.56 Å². The molecule has 0 atom stereocenters. The van der Waals surface area contributed by atoms with Crippen molar-refractivity contribution in [1.82, 2.24) is 14.7 Å². The normalized spacial score (nSPS) is 12.4. The number of hydrogen-bond donors (Lipinski definition) is 1. The zero-order valence-electron chi connectivity index (χ0n) is 13.8. The second-order valence-corrected chi connectivity index (χ2v) is 7.51. The lowest BCUT2D eigenvalue weighted by atomic mass is 10.2. The summed E-state index contributed by atoms with van der Waals surface area (Å²) in [5.41, 5.74) is 0.733. The monoisotopic (exact) mass is 373 g/mol. The Morgan fingerprint density at radius 2 is 1.84 bits per heavy atom. The molecule has 2 aromatic rings. The SMILES string of the molecule is Cc1cccc(CS(=O)(=O)NCCc2nc(C)cc(C(F)(F)F)n2)c1. The fourth-order valence-electron chi connectivity index (χ4n) is 2.28. The lowest BCUT2D eigenvalue weighted by molar-refractivity contribution is -0.141. The summed E-state index contributed by atoms with van der Waals surface area (Å²) in [4.78, 5) is 7.37. The molecule has 25 heavy (non-hydrogen) atoms. The minimum Gasteiger partial charge on any atom is -0.238 e. The third kappa shape index (κ3) is 6.09. The van der Waals surface area contributed by atoms with Crippen LogP contribution in [0.1, 0.15) is 28.3 Å². The van der Waals surface area contributed by atoms with Crippen LogP contribution in [0, 0.1) is 13.8 Å². The smallest absolute Gasteiger partial charge is 0.238 e. The molecule has 0 saturated heterocycles. The van der Waals surface area contributed by atoms with Crippen LogP contribution in [0.5, 0.6) is 0 Å². The number of alkyl halides is 3. The van der Waals surface area contributed by atoms with Gasteiger partial charge in [0.25, 0.3) is 0 Å². The van der Waals surface area contributed by atoms with E-state index < -0.39 is 21.9 Å². The molecule has 0 unspecified atom stereocenters. The van der Waals surface area contributed by atoms with Crippen LogP contribution >= 0.6 is 0 Å². The quantitative estimate of drug-likeness (QED) is 0.845. The minimum atomic E-state index is -4.56. The lowest BCUT2D eigenvalue weighted by Crippen LogP contribution is -2.28. The highest BCUT2D eigenvalue weighted by Crippen LogP contribution is 2.27. The van der Waals surface area contributed by atoms with Crippen molar-refractivity contribution in [3.05, 3.63) is 58.7 Å². The van der Waals surface area contributed by atoms with E-state index in [0.717, 1.165) is 11.6 Å². The van der Waals surface area contributed by atoms with Gasteiger partial charge in [-0.3, -0.25) is 0 Å². The summed E-state index contributed by atoms with van der Waals surface area (Å²) in [7, 11) is -3.60. The van der Waals surface area contributed by atoms with Gasteiger partial charge < -0.3 is 0 Å². The molecule has 1 aromatic carbocycles. The van der Waals surface area contributed by atoms with E-state index in [2.05, 4.69) is 14.7 Å². The predicted molar refractivity (Wildman–Crippen MR) is 87.3 cm³/mol. The van der Waals surface area contributed by atoms with E-state index in [4.69, 9.17) is 0 Å². The van der Waals surface area contributed by atoms with E-state index >= 15 is 0 Å². The molecule has 1 heterocycles. The van der Waals surface area contributed by atoms with Crippen LogP contribution in [0.25, 0.3) is 0 Å². The Labute approximate surface area is 144 Å². The number of nitrogens with one attached hydrogen (secondary N) is 1. The summed E-state index contributed by atoms with van der Waals surface area (Å²) >= 11 is 0. The Morgan fingerprint density at radius 1 is 1.12 bits per heavy atom. The van der Waals surface area contributed by atoms with Gasteiger partial charge in [-0.15, -0.1) is 0 Å². The first kappa shape index (κ1) is 19.3. The van der Waals surface area contributed by atoms with Gasteiger partial charge in [0.15, 0.2) is 0 Å². The number of sulfonamides is 1. The molecular formula is C16H18F3N3O2S. The van der Waals surface area contributed by atoms with Gasteiger partial charge in [0.2, 0.25) is 10.0 Å². The average molecular weight is 373 g/mol. The highest BCUT2D eigenvalue weighted by Gasteiger charge is 2.33. The van der Waals surface area contributed by atoms with Crippen LogP contribution in [0.3, 0.4) is 0 Å². The second-order valence-electron chi connectivity index (χ2n) is 5.70. The average Bonchev–Trinajstić information content (AvgIpc) is 2.45. The molecule has 0 aliphatic rings. The Balaban J connectivity index is 1.99. The van der Waals surface area contributed by atoms with Crippen molar-refractivity contribution in [3.8, 4) is 0 Å². The highest BCUT2D eigenvalue weighted by atomic mass is 32.2. The van der Waals surface area contributed by atoms with E-state index in [9.17, 15) is 21.6 Å². The number of aryl methyl sites for hydroxylation is 2. The topological polar surface area (TPSA) is 72.0 Å². The maximum atomic E-state index is 12.7. The van der Waals surface area contributed by atoms with E-state index in [1.807, 2.05) is 13.0 Å². The second kappa shape index (κ2) is 7.49. The molecule has 0 aliphatic heterocycles. The van der Waals surface area contributed by atoms with Crippen molar-refractivity contribution in [3.63, 3.8) is 0 Å². The van der Waals surface area contributed by atoms with Crippen molar-refractivity contribution in [2.75, 3.05) is 6.54 Å². The van der Waals surface area contributed by atoms with Gasteiger partial charge in [0, 0.05) is 18.7 Å². The number of rotatable bonds is 6. The van der Waals surface area contributed by atoms with Crippen LogP contribution < -0.4 is 4.72 Å². The number of nitrogens with zero attached hydrogens (tertiary/aromatic N) is 2. The number of hydrogen-bond acceptors (Lipinski definition) is 4. The Bertz CT molecular complexity index is 852. The molecule has 1 aromatic heterocycles. The van der Waals surface area contributed by atoms with Gasteiger partial charge in [-0.1, -0.05) is 29.8 Å². The fraction of sp³-hybridized carbons (Fsp3) is 0.375. The first-order valence-electron chi connectivity index (χ1n) is 7.50. The van der Waals surface area contributed by atoms with Crippen molar-refractivity contribution >= 4 is 10.0 Å². The zero-order valence-corrected chi connectivity index (χ0v) is 14.6. The van der Waals surface area contributed by atoms with Gasteiger partial charge in [0.1, 0.15) is 11.5 Å². The molecule has 9 heteroatoms. The lowest BCUT2D eigenvalue weighted by Gasteiger charge is -2.10. The summed E-state index contributed by atoms with van der Waals surface area (Å²) < 4.78 is 64.7. The Morgan fingerprint density at radius 3 is 2.48 bits per heavy atom. The van der Waals surface area contributed by atoms with Crippen molar-refractivity contribution in [1.29, 1.82) is 0 Å². The summed E-state index contributed by atoms with van der Waals surface area (Å²) in [5.74, 6) is -0.248. The third-order valence-corrected chi connectivity index (χ3v) is 4.66. The summed E-state index contributed by atoms with van der Waals surface area (Å²) in [5, 5.41) is 0. The predicted octanol–water partition coefficient (Wildman–Crippen LogP) is 2.77. The van der Waals surface area contributed by atoms with Crippen LogP contribution in [0.15, 0.2) is 30.3 Å². The van der Waals surface area contributed by atoms with Gasteiger partial charge in [-0.25, -0.2) is 23.1 Å². The van der Waals surface area contributed by atoms with Gasteiger partial charge >= 0.3 is 6.18 Å². The maximum Gasteiger partial charge on any atom is 0.433 e.